The molecule has 0 radical (unpaired) electrons. The van der Waals surface area contributed by atoms with Gasteiger partial charge in [0.15, 0.2) is 5.82 Å². The van der Waals surface area contributed by atoms with Crippen LogP contribution in [0.2, 0.25) is 0 Å². The number of H-pyrrole nitrogens is 1. The summed E-state index contributed by atoms with van der Waals surface area (Å²) in [5.74, 6) is 1.26. The summed E-state index contributed by atoms with van der Waals surface area (Å²) in [5, 5.41) is 7.24. The van der Waals surface area contributed by atoms with E-state index >= 15 is 0 Å². The lowest BCUT2D eigenvalue weighted by atomic mass is 10.0. The maximum absolute atomic E-state index is 5.97. The summed E-state index contributed by atoms with van der Waals surface area (Å²) in [5.41, 5.74) is 10.8. The first-order valence-electron chi connectivity index (χ1n) is 6.22. The predicted molar refractivity (Wildman–Crippen MR) is 69.8 cm³/mol. The van der Waals surface area contributed by atoms with Gasteiger partial charge in [0, 0.05) is 17.2 Å². The van der Waals surface area contributed by atoms with Crippen LogP contribution in [-0.2, 0) is 6.42 Å². The SMILES string of the molecule is CCc1ccc(-c2c(N)n[nH]c2C2CC2)cc1. The van der Waals surface area contributed by atoms with Crippen molar-refractivity contribution < 1.29 is 0 Å². The van der Waals surface area contributed by atoms with Crippen LogP contribution >= 0.6 is 0 Å². The van der Waals surface area contributed by atoms with E-state index in [2.05, 4.69) is 41.4 Å². The smallest absolute Gasteiger partial charge is 0.153 e. The third-order valence-corrected chi connectivity index (χ3v) is 3.46. The van der Waals surface area contributed by atoms with E-state index < -0.39 is 0 Å². The number of aromatic nitrogens is 2. The van der Waals surface area contributed by atoms with Gasteiger partial charge in [-0.15, -0.1) is 0 Å². The molecule has 0 aliphatic heterocycles. The molecule has 1 aromatic carbocycles. The molecule has 3 N–H and O–H groups in total. The van der Waals surface area contributed by atoms with Gasteiger partial charge in [0.2, 0.25) is 0 Å². The maximum atomic E-state index is 5.97. The van der Waals surface area contributed by atoms with Crippen LogP contribution in [-0.4, -0.2) is 10.2 Å². The van der Waals surface area contributed by atoms with Crippen molar-refractivity contribution in [3.8, 4) is 11.1 Å². The highest BCUT2D eigenvalue weighted by Crippen LogP contribution is 2.44. The van der Waals surface area contributed by atoms with Gasteiger partial charge in [-0.25, -0.2) is 0 Å². The van der Waals surface area contributed by atoms with Crippen LogP contribution in [0.25, 0.3) is 11.1 Å². The van der Waals surface area contributed by atoms with Gasteiger partial charge in [-0.05, 0) is 30.4 Å². The van der Waals surface area contributed by atoms with Crippen molar-refractivity contribution in [2.24, 2.45) is 0 Å². The third kappa shape index (κ3) is 1.82. The molecule has 0 unspecified atom stereocenters. The van der Waals surface area contributed by atoms with E-state index in [9.17, 15) is 0 Å². The summed E-state index contributed by atoms with van der Waals surface area (Å²) in [6, 6.07) is 8.62. The maximum Gasteiger partial charge on any atom is 0.153 e. The fourth-order valence-electron chi connectivity index (χ4n) is 2.25. The Balaban J connectivity index is 2.04. The zero-order valence-corrected chi connectivity index (χ0v) is 10.0. The van der Waals surface area contributed by atoms with Crippen molar-refractivity contribution in [1.29, 1.82) is 0 Å². The average Bonchev–Trinajstić information content (AvgIpc) is 3.13. The summed E-state index contributed by atoms with van der Waals surface area (Å²) in [6.45, 7) is 2.16. The number of hydrogen-bond acceptors (Lipinski definition) is 2. The van der Waals surface area contributed by atoms with Crippen molar-refractivity contribution in [2.45, 2.75) is 32.1 Å². The minimum atomic E-state index is 0.621. The van der Waals surface area contributed by atoms with Crippen LogP contribution in [0, 0.1) is 0 Å². The number of nitrogens with one attached hydrogen (secondary N) is 1. The normalized spacial score (nSPS) is 15.1. The minimum Gasteiger partial charge on any atom is -0.382 e. The lowest BCUT2D eigenvalue weighted by molar-refractivity contribution is 0.969. The molecule has 1 fully saturated rings. The molecule has 1 saturated carbocycles. The number of rotatable bonds is 3. The van der Waals surface area contributed by atoms with Gasteiger partial charge in [0.25, 0.3) is 0 Å². The zero-order valence-electron chi connectivity index (χ0n) is 10.0. The van der Waals surface area contributed by atoms with E-state index in [1.807, 2.05) is 0 Å². The monoisotopic (exact) mass is 227 g/mol. The van der Waals surface area contributed by atoms with Crippen molar-refractivity contribution in [2.75, 3.05) is 5.73 Å². The number of hydrogen-bond donors (Lipinski definition) is 2. The van der Waals surface area contributed by atoms with Gasteiger partial charge in [-0.1, -0.05) is 31.2 Å². The van der Waals surface area contributed by atoms with Gasteiger partial charge in [-0.2, -0.15) is 5.10 Å². The fourth-order valence-corrected chi connectivity index (χ4v) is 2.25. The molecular weight excluding hydrogens is 210 g/mol. The average molecular weight is 227 g/mol. The van der Waals surface area contributed by atoms with Crippen molar-refractivity contribution in [3.05, 3.63) is 35.5 Å². The first-order chi connectivity index (χ1) is 8.29. The van der Waals surface area contributed by atoms with Crippen LogP contribution in [0.3, 0.4) is 0 Å². The molecule has 17 heavy (non-hydrogen) atoms. The Morgan fingerprint density at radius 1 is 1.29 bits per heavy atom. The highest BCUT2D eigenvalue weighted by Gasteiger charge is 2.29. The third-order valence-electron chi connectivity index (χ3n) is 3.46. The lowest BCUT2D eigenvalue weighted by Gasteiger charge is -2.04. The second kappa shape index (κ2) is 3.91. The second-order valence-corrected chi connectivity index (χ2v) is 4.72. The van der Waals surface area contributed by atoms with Crippen LogP contribution in [0.4, 0.5) is 5.82 Å². The molecule has 3 heteroatoms. The predicted octanol–water partition coefficient (Wildman–Crippen LogP) is 3.10. The van der Waals surface area contributed by atoms with Gasteiger partial charge in [0.1, 0.15) is 0 Å². The summed E-state index contributed by atoms with van der Waals surface area (Å²) in [4.78, 5) is 0. The molecule has 1 aliphatic rings. The Labute approximate surface area is 101 Å². The minimum absolute atomic E-state index is 0.621. The molecule has 0 bridgehead atoms. The molecule has 2 aromatic rings. The van der Waals surface area contributed by atoms with Crippen molar-refractivity contribution in [1.82, 2.24) is 10.2 Å². The van der Waals surface area contributed by atoms with Gasteiger partial charge >= 0.3 is 0 Å². The Morgan fingerprint density at radius 2 is 2.00 bits per heavy atom. The molecule has 0 saturated heterocycles. The molecule has 0 spiro atoms. The molecule has 1 aromatic heterocycles. The number of benzene rings is 1. The van der Waals surface area contributed by atoms with E-state index in [1.54, 1.807) is 0 Å². The topological polar surface area (TPSA) is 54.7 Å². The van der Waals surface area contributed by atoms with E-state index in [-0.39, 0.29) is 0 Å². The zero-order chi connectivity index (χ0) is 11.8. The highest BCUT2D eigenvalue weighted by atomic mass is 15.2. The summed E-state index contributed by atoms with van der Waals surface area (Å²) >= 11 is 0. The Kier molecular flexibility index (Phi) is 2.39. The molecule has 1 aliphatic carbocycles. The standard InChI is InChI=1S/C14H17N3/c1-2-9-3-5-10(6-4-9)12-13(11-7-8-11)16-17-14(12)15/h3-6,11H,2,7-8H2,1H3,(H3,15,16,17). The van der Waals surface area contributed by atoms with Crippen LogP contribution in [0.5, 0.6) is 0 Å². The van der Waals surface area contributed by atoms with Crippen LogP contribution in [0.1, 0.15) is 36.9 Å². The first-order valence-corrected chi connectivity index (χ1v) is 6.22. The summed E-state index contributed by atoms with van der Waals surface area (Å²) in [6.07, 6.45) is 3.57. The molecule has 0 atom stereocenters. The van der Waals surface area contributed by atoms with E-state index in [0.717, 1.165) is 12.0 Å². The number of nitrogens with two attached hydrogens (primary N) is 1. The van der Waals surface area contributed by atoms with E-state index in [1.165, 1.54) is 29.7 Å². The highest BCUT2D eigenvalue weighted by molar-refractivity contribution is 5.77. The number of aryl methyl sites for hydroxylation is 1. The second-order valence-electron chi connectivity index (χ2n) is 4.72. The van der Waals surface area contributed by atoms with Crippen LogP contribution < -0.4 is 5.73 Å². The van der Waals surface area contributed by atoms with Gasteiger partial charge < -0.3 is 5.73 Å². The van der Waals surface area contributed by atoms with Crippen molar-refractivity contribution in [3.63, 3.8) is 0 Å². The Hall–Kier alpha value is -1.77. The van der Waals surface area contributed by atoms with E-state index in [4.69, 9.17) is 5.73 Å². The first kappa shape index (κ1) is 10.4. The molecule has 0 amide bonds. The fraction of sp³-hybridized carbons (Fsp3) is 0.357. The molecule has 3 nitrogen and oxygen atoms in total. The van der Waals surface area contributed by atoms with E-state index in [0.29, 0.717) is 11.7 Å². The quantitative estimate of drug-likeness (QED) is 0.846. The molecule has 1 heterocycles. The molecule has 3 rings (SSSR count). The number of aromatic amines is 1. The van der Waals surface area contributed by atoms with Gasteiger partial charge in [-0.3, -0.25) is 5.10 Å². The summed E-state index contributed by atoms with van der Waals surface area (Å²) in [7, 11) is 0. The number of nitrogen functional groups attached to an aromatic ring is 1. The molecule has 88 valence electrons. The lowest BCUT2D eigenvalue weighted by Crippen LogP contribution is -1.90. The Morgan fingerprint density at radius 3 is 2.59 bits per heavy atom. The Bertz CT molecular complexity index is 521. The number of anilines is 1. The van der Waals surface area contributed by atoms with Crippen molar-refractivity contribution >= 4 is 5.82 Å². The number of nitrogens with zero attached hydrogens (tertiary/aromatic N) is 1. The summed E-state index contributed by atoms with van der Waals surface area (Å²) < 4.78 is 0. The molecular formula is C14H17N3. The largest absolute Gasteiger partial charge is 0.382 e. The van der Waals surface area contributed by atoms with Crippen LogP contribution in [0.15, 0.2) is 24.3 Å². The van der Waals surface area contributed by atoms with Gasteiger partial charge in [0.05, 0.1) is 0 Å².